The Morgan fingerprint density at radius 1 is 1.17 bits per heavy atom. The third kappa shape index (κ3) is 3.84. The van der Waals surface area contributed by atoms with E-state index < -0.39 is 33.0 Å². The molecule has 0 bridgehead atoms. The van der Waals surface area contributed by atoms with E-state index in [1.165, 1.54) is 11.2 Å². The molecule has 2 rings (SSSR count). The lowest BCUT2D eigenvalue weighted by atomic mass is 9.93. The number of aromatic carboxylic acids is 1. The average molecular weight is 341 g/mol. The van der Waals surface area contributed by atoms with Crippen molar-refractivity contribution < 1.29 is 23.1 Å². The normalized spacial score (nSPS) is 21.7. The van der Waals surface area contributed by atoms with Gasteiger partial charge in [0, 0.05) is 19.3 Å². The molecule has 0 aromatic carbocycles. The molecule has 1 amide bonds. The van der Waals surface area contributed by atoms with Crippen LogP contribution in [-0.2, 0) is 9.84 Å². The van der Waals surface area contributed by atoms with Crippen molar-refractivity contribution in [2.24, 2.45) is 0 Å². The first-order valence-corrected chi connectivity index (χ1v) is 9.18. The second-order valence-corrected chi connectivity index (χ2v) is 7.99. The van der Waals surface area contributed by atoms with Gasteiger partial charge in [0.05, 0.1) is 17.6 Å². The first-order valence-electron chi connectivity index (χ1n) is 7.23. The van der Waals surface area contributed by atoms with Crippen LogP contribution in [0, 0.1) is 0 Å². The van der Waals surface area contributed by atoms with Crippen molar-refractivity contribution in [3.05, 3.63) is 23.8 Å². The Hall–Kier alpha value is -2.03. The summed E-state index contributed by atoms with van der Waals surface area (Å²) in [6, 6.07) is -0.410. The molecule has 1 aliphatic rings. The molecule has 126 valence electrons. The highest BCUT2D eigenvalue weighted by atomic mass is 32.2. The first kappa shape index (κ1) is 17.3. The number of carboxylic acids is 1. The summed E-state index contributed by atoms with van der Waals surface area (Å²) in [7, 11) is -1.72. The summed E-state index contributed by atoms with van der Waals surface area (Å²) in [6.07, 6.45) is 6.13. The van der Waals surface area contributed by atoms with Gasteiger partial charge in [-0.15, -0.1) is 0 Å². The van der Waals surface area contributed by atoms with Crippen LogP contribution in [-0.4, -0.2) is 64.9 Å². The zero-order valence-corrected chi connectivity index (χ0v) is 13.8. The second-order valence-electron chi connectivity index (χ2n) is 5.73. The van der Waals surface area contributed by atoms with Crippen LogP contribution in [0.2, 0.25) is 0 Å². The van der Waals surface area contributed by atoms with Gasteiger partial charge in [0.1, 0.15) is 5.69 Å². The van der Waals surface area contributed by atoms with E-state index in [4.69, 9.17) is 5.11 Å². The summed E-state index contributed by atoms with van der Waals surface area (Å²) in [5.41, 5.74) is -0.258. The quantitative estimate of drug-likeness (QED) is 0.852. The van der Waals surface area contributed by atoms with E-state index in [1.807, 2.05) is 0 Å². The predicted octanol–water partition coefficient (Wildman–Crippen LogP) is 0.603. The summed E-state index contributed by atoms with van der Waals surface area (Å²) in [5, 5.41) is 8.20. The molecule has 2 atom stereocenters. The molecule has 1 saturated carbocycles. The SMILES string of the molecule is CN(C(=O)c1cnc(C(=O)O)cn1)C1CCCCC1S(C)(=O)=O. The summed E-state index contributed by atoms with van der Waals surface area (Å²) >= 11 is 0. The van der Waals surface area contributed by atoms with Crippen LogP contribution in [0.25, 0.3) is 0 Å². The molecule has 0 saturated heterocycles. The fraction of sp³-hybridized carbons (Fsp3) is 0.571. The number of amides is 1. The molecule has 1 heterocycles. The maximum atomic E-state index is 12.5. The van der Waals surface area contributed by atoms with Crippen LogP contribution in [0.15, 0.2) is 12.4 Å². The van der Waals surface area contributed by atoms with Gasteiger partial charge in [-0.1, -0.05) is 12.8 Å². The lowest BCUT2D eigenvalue weighted by Gasteiger charge is -2.36. The number of hydrogen-bond donors (Lipinski definition) is 1. The largest absolute Gasteiger partial charge is 0.476 e. The van der Waals surface area contributed by atoms with Crippen molar-refractivity contribution in [2.45, 2.75) is 37.0 Å². The Kier molecular flexibility index (Phi) is 4.98. The van der Waals surface area contributed by atoms with Crippen LogP contribution in [0.5, 0.6) is 0 Å². The van der Waals surface area contributed by atoms with E-state index in [9.17, 15) is 18.0 Å². The third-order valence-corrected chi connectivity index (χ3v) is 5.78. The van der Waals surface area contributed by atoms with Gasteiger partial charge in [0.15, 0.2) is 15.5 Å². The maximum absolute atomic E-state index is 12.5. The van der Waals surface area contributed by atoms with Crippen molar-refractivity contribution in [3.8, 4) is 0 Å². The number of sulfone groups is 1. The third-order valence-electron chi connectivity index (χ3n) is 4.13. The minimum atomic E-state index is -3.26. The molecule has 9 heteroatoms. The Bertz CT molecular complexity index is 702. The molecule has 0 aliphatic heterocycles. The second kappa shape index (κ2) is 6.61. The van der Waals surface area contributed by atoms with Crippen molar-refractivity contribution in [1.82, 2.24) is 14.9 Å². The minimum absolute atomic E-state index is 0.00433. The van der Waals surface area contributed by atoms with E-state index in [-0.39, 0.29) is 11.4 Å². The molecule has 1 aromatic heterocycles. The van der Waals surface area contributed by atoms with Gasteiger partial charge >= 0.3 is 5.97 Å². The van der Waals surface area contributed by atoms with E-state index in [0.29, 0.717) is 12.8 Å². The topological polar surface area (TPSA) is 118 Å². The fourth-order valence-electron chi connectivity index (χ4n) is 2.90. The van der Waals surface area contributed by atoms with Gasteiger partial charge in [-0.3, -0.25) is 4.79 Å². The monoisotopic (exact) mass is 341 g/mol. The van der Waals surface area contributed by atoms with E-state index in [1.54, 1.807) is 7.05 Å². The lowest BCUT2D eigenvalue weighted by Crippen LogP contribution is -2.49. The number of carbonyl (C=O) groups is 2. The standard InChI is InChI=1S/C14H19N3O5S/c1-17(11-5-3-4-6-12(11)23(2,21)22)13(18)9-7-16-10(8-15-9)14(19)20/h7-8,11-12H,3-6H2,1-2H3,(H,19,20). The van der Waals surface area contributed by atoms with E-state index in [0.717, 1.165) is 25.2 Å². The van der Waals surface area contributed by atoms with Gasteiger partial charge in [-0.25, -0.2) is 23.2 Å². The Morgan fingerprint density at radius 2 is 1.74 bits per heavy atom. The van der Waals surface area contributed by atoms with Crippen molar-refractivity contribution >= 4 is 21.7 Å². The number of rotatable bonds is 4. The molecule has 8 nitrogen and oxygen atoms in total. The van der Waals surface area contributed by atoms with Gasteiger partial charge in [-0.05, 0) is 12.8 Å². The molecule has 1 aromatic rings. The van der Waals surface area contributed by atoms with Crippen molar-refractivity contribution in [2.75, 3.05) is 13.3 Å². The number of aromatic nitrogens is 2. The zero-order valence-electron chi connectivity index (χ0n) is 13.0. The van der Waals surface area contributed by atoms with Crippen molar-refractivity contribution in [1.29, 1.82) is 0 Å². The average Bonchev–Trinajstić information content (AvgIpc) is 2.52. The molecule has 0 spiro atoms. The first-order chi connectivity index (χ1) is 10.7. The fourth-order valence-corrected chi connectivity index (χ4v) is 4.38. The van der Waals surface area contributed by atoms with E-state index in [2.05, 4.69) is 9.97 Å². The highest BCUT2D eigenvalue weighted by Crippen LogP contribution is 2.28. The van der Waals surface area contributed by atoms with E-state index >= 15 is 0 Å². The zero-order chi connectivity index (χ0) is 17.2. The van der Waals surface area contributed by atoms with Crippen molar-refractivity contribution in [3.63, 3.8) is 0 Å². The number of hydrogen-bond acceptors (Lipinski definition) is 6. The van der Waals surface area contributed by atoms with Crippen LogP contribution < -0.4 is 0 Å². The highest BCUT2D eigenvalue weighted by molar-refractivity contribution is 7.91. The summed E-state index contributed by atoms with van der Waals surface area (Å²) < 4.78 is 23.9. The Morgan fingerprint density at radius 3 is 2.26 bits per heavy atom. The molecular formula is C14H19N3O5S. The Labute approximate surface area is 134 Å². The lowest BCUT2D eigenvalue weighted by molar-refractivity contribution is 0.0674. The summed E-state index contributed by atoms with van der Waals surface area (Å²) in [4.78, 5) is 32.1. The number of carbonyl (C=O) groups excluding carboxylic acids is 1. The van der Waals surface area contributed by atoms with Gasteiger partial charge < -0.3 is 10.0 Å². The summed E-state index contributed by atoms with van der Waals surface area (Å²) in [5.74, 6) is -1.69. The van der Waals surface area contributed by atoms with Crippen LogP contribution >= 0.6 is 0 Å². The number of nitrogens with zero attached hydrogens (tertiary/aromatic N) is 3. The molecule has 0 radical (unpaired) electrons. The van der Waals surface area contributed by atoms with Crippen LogP contribution in [0.4, 0.5) is 0 Å². The maximum Gasteiger partial charge on any atom is 0.356 e. The molecule has 1 fully saturated rings. The van der Waals surface area contributed by atoms with Gasteiger partial charge in [-0.2, -0.15) is 0 Å². The highest BCUT2D eigenvalue weighted by Gasteiger charge is 2.37. The molecule has 1 aliphatic carbocycles. The Balaban J connectivity index is 2.22. The molecule has 2 unspecified atom stereocenters. The minimum Gasteiger partial charge on any atom is -0.476 e. The van der Waals surface area contributed by atoms with Crippen LogP contribution in [0.1, 0.15) is 46.7 Å². The van der Waals surface area contributed by atoms with Crippen LogP contribution in [0.3, 0.4) is 0 Å². The molecule has 23 heavy (non-hydrogen) atoms. The van der Waals surface area contributed by atoms with Gasteiger partial charge in [0.2, 0.25) is 0 Å². The number of carboxylic acid groups (broad SMARTS) is 1. The molecule has 1 N–H and O–H groups in total. The predicted molar refractivity (Wildman–Crippen MR) is 82.0 cm³/mol. The van der Waals surface area contributed by atoms with Gasteiger partial charge in [0.25, 0.3) is 5.91 Å². The summed E-state index contributed by atoms with van der Waals surface area (Å²) in [6.45, 7) is 0. The smallest absolute Gasteiger partial charge is 0.356 e. The molecular weight excluding hydrogens is 322 g/mol.